The number of halogens is 4. The zero-order chi connectivity index (χ0) is 18.0. The van der Waals surface area contributed by atoms with Gasteiger partial charge in [0, 0.05) is 9.79 Å². The highest BCUT2D eigenvalue weighted by Crippen LogP contribution is 2.40. The summed E-state index contributed by atoms with van der Waals surface area (Å²) < 4.78 is 57.4. The van der Waals surface area contributed by atoms with E-state index in [1.165, 1.54) is 0 Å². The van der Waals surface area contributed by atoms with Gasteiger partial charge in [-0.15, -0.1) is 0 Å². The molecular formula is C19H12F4S2. The van der Waals surface area contributed by atoms with Gasteiger partial charge >= 0.3 is 0 Å². The maximum atomic E-state index is 14.4. The fraction of sp³-hybridized carbons (Fsp3) is 0.0526. The summed E-state index contributed by atoms with van der Waals surface area (Å²) in [5, 5.41) is 0. The fourth-order valence-electron chi connectivity index (χ4n) is 2.10. The average molecular weight is 380 g/mol. The molecule has 0 fully saturated rings. The van der Waals surface area contributed by atoms with Gasteiger partial charge in [-0.25, -0.2) is 17.6 Å². The summed E-state index contributed by atoms with van der Waals surface area (Å²) in [4.78, 5) is -0.394. The molecule has 0 bridgehead atoms. The molecular weight excluding hydrogens is 368 g/mol. The summed E-state index contributed by atoms with van der Waals surface area (Å²) in [5.41, 5.74) is 0.970. The molecule has 0 aliphatic rings. The Balaban J connectivity index is 2.00. The molecule has 0 spiro atoms. The molecule has 3 aromatic carbocycles. The summed E-state index contributed by atoms with van der Waals surface area (Å²) in [6.45, 7) is 1.87. The third kappa shape index (κ3) is 3.85. The molecule has 0 saturated heterocycles. The Morgan fingerprint density at radius 3 is 1.40 bits per heavy atom. The fourth-order valence-corrected chi connectivity index (χ4v) is 3.85. The highest BCUT2D eigenvalue weighted by molar-refractivity contribution is 7.99. The van der Waals surface area contributed by atoms with Gasteiger partial charge in [-0.3, -0.25) is 0 Å². The summed E-state index contributed by atoms with van der Waals surface area (Å²) in [6.07, 6.45) is 0. The number of hydrogen-bond donors (Lipinski definition) is 0. The molecule has 25 heavy (non-hydrogen) atoms. The first-order valence-electron chi connectivity index (χ1n) is 7.30. The lowest BCUT2D eigenvalue weighted by Gasteiger charge is -2.11. The highest BCUT2D eigenvalue weighted by Gasteiger charge is 2.26. The van der Waals surface area contributed by atoms with Gasteiger partial charge in [-0.1, -0.05) is 59.4 Å². The van der Waals surface area contributed by atoms with E-state index in [1.54, 1.807) is 54.6 Å². The van der Waals surface area contributed by atoms with Crippen molar-refractivity contribution >= 4 is 23.5 Å². The molecule has 0 nitrogen and oxygen atoms in total. The molecule has 0 saturated carbocycles. The molecule has 0 aliphatic heterocycles. The van der Waals surface area contributed by atoms with Crippen LogP contribution in [0.5, 0.6) is 0 Å². The Morgan fingerprint density at radius 2 is 0.960 bits per heavy atom. The van der Waals surface area contributed by atoms with E-state index in [0.717, 1.165) is 5.56 Å². The Hall–Kier alpha value is -1.92. The Labute approximate surface area is 151 Å². The first-order chi connectivity index (χ1) is 12.0. The normalized spacial score (nSPS) is 10.9. The number of rotatable bonds is 4. The SMILES string of the molecule is Cc1ccc(Sc2c(F)c(F)c(Sc3ccccc3)c(F)c2F)cc1. The Bertz CT molecular complexity index is 865. The third-order valence-electron chi connectivity index (χ3n) is 3.39. The van der Waals surface area contributed by atoms with Gasteiger partial charge in [0.1, 0.15) is 0 Å². The summed E-state index contributed by atoms with van der Waals surface area (Å²) in [7, 11) is 0. The first-order valence-corrected chi connectivity index (χ1v) is 8.94. The minimum atomic E-state index is -1.39. The second kappa shape index (κ2) is 7.54. The standard InChI is InChI=1S/C19H12F4S2/c1-11-7-9-13(10-8-11)25-19-16(22)14(20)18(15(21)17(19)23)24-12-5-3-2-4-6-12/h2-10H,1H3. The monoisotopic (exact) mass is 380 g/mol. The van der Waals surface area contributed by atoms with Crippen LogP contribution in [0, 0.1) is 30.2 Å². The van der Waals surface area contributed by atoms with Crippen LogP contribution < -0.4 is 0 Å². The van der Waals surface area contributed by atoms with E-state index in [0.29, 0.717) is 33.3 Å². The topological polar surface area (TPSA) is 0 Å². The summed E-state index contributed by atoms with van der Waals surface area (Å²) >= 11 is 1.30. The van der Waals surface area contributed by atoms with Gasteiger partial charge in [-0.2, -0.15) is 0 Å². The van der Waals surface area contributed by atoms with E-state index in [-0.39, 0.29) is 0 Å². The van der Waals surface area contributed by atoms with Crippen LogP contribution in [0.3, 0.4) is 0 Å². The molecule has 0 N–H and O–H groups in total. The summed E-state index contributed by atoms with van der Waals surface area (Å²) in [6, 6.07) is 15.1. The third-order valence-corrected chi connectivity index (χ3v) is 5.53. The van der Waals surface area contributed by atoms with E-state index < -0.39 is 33.1 Å². The van der Waals surface area contributed by atoms with Gasteiger partial charge in [-0.05, 0) is 31.2 Å². The van der Waals surface area contributed by atoms with E-state index in [4.69, 9.17) is 0 Å². The van der Waals surface area contributed by atoms with Crippen molar-refractivity contribution in [3.8, 4) is 0 Å². The maximum Gasteiger partial charge on any atom is 0.177 e. The average Bonchev–Trinajstić information content (AvgIpc) is 2.63. The lowest BCUT2D eigenvalue weighted by molar-refractivity contribution is 0.401. The molecule has 6 heteroatoms. The predicted molar refractivity (Wildman–Crippen MR) is 92.1 cm³/mol. The number of aryl methyl sites for hydroxylation is 1. The van der Waals surface area contributed by atoms with Crippen LogP contribution in [0.1, 0.15) is 5.56 Å². The van der Waals surface area contributed by atoms with Crippen LogP contribution in [-0.2, 0) is 0 Å². The van der Waals surface area contributed by atoms with Crippen molar-refractivity contribution < 1.29 is 17.6 Å². The second-order valence-corrected chi connectivity index (χ2v) is 7.41. The lowest BCUT2D eigenvalue weighted by atomic mass is 10.2. The highest BCUT2D eigenvalue weighted by atomic mass is 32.2. The van der Waals surface area contributed by atoms with Crippen LogP contribution in [-0.4, -0.2) is 0 Å². The second-order valence-electron chi connectivity index (χ2n) is 5.24. The quantitative estimate of drug-likeness (QED) is 0.358. The molecule has 0 radical (unpaired) electrons. The minimum absolute atomic E-state index is 0.484. The Morgan fingerprint density at radius 1 is 0.560 bits per heavy atom. The molecule has 3 aromatic rings. The molecule has 0 atom stereocenters. The van der Waals surface area contributed by atoms with Crippen LogP contribution in [0.15, 0.2) is 74.2 Å². The lowest BCUT2D eigenvalue weighted by Crippen LogP contribution is -2.01. The van der Waals surface area contributed by atoms with Gasteiger partial charge in [0.15, 0.2) is 23.3 Å². The molecule has 0 aliphatic carbocycles. The van der Waals surface area contributed by atoms with Crippen LogP contribution in [0.2, 0.25) is 0 Å². The molecule has 3 rings (SSSR count). The van der Waals surface area contributed by atoms with Crippen molar-refractivity contribution in [3.05, 3.63) is 83.4 Å². The Kier molecular flexibility index (Phi) is 5.39. The van der Waals surface area contributed by atoms with E-state index in [2.05, 4.69) is 0 Å². The van der Waals surface area contributed by atoms with Gasteiger partial charge in [0.25, 0.3) is 0 Å². The van der Waals surface area contributed by atoms with Crippen LogP contribution in [0.25, 0.3) is 0 Å². The maximum absolute atomic E-state index is 14.4. The van der Waals surface area contributed by atoms with E-state index in [1.807, 2.05) is 6.92 Å². The minimum Gasteiger partial charge on any atom is -0.202 e. The van der Waals surface area contributed by atoms with Crippen molar-refractivity contribution in [2.75, 3.05) is 0 Å². The van der Waals surface area contributed by atoms with Gasteiger partial charge < -0.3 is 0 Å². The summed E-state index contributed by atoms with van der Waals surface area (Å²) in [5.74, 6) is -5.55. The smallest absolute Gasteiger partial charge is 0.177 e. The first kappa shape index (κ1) is 17.9. The van der Waals surface area contributed by atoms with Crippen molar-refractivity contribution in [2.24, 2.45) is 0 Å². The van der Waals surface area contributed by atoms with Crippen molar-refractivity contribution in [3.63, 3.8) is 0 Å². The predicted octanol–water partition coefficient (Wildman–Crippen LogP) is 6.85. The van der Waals surface area contributed by atoms with Crippen molar-refractivity contribution in [1.82, 2.24) is 0 Å². The van der Waals surface area contributed by atoms with E-state index in [9.17, 15) is 17.6 Å². The van der Waals surface area contributed by atoms with Crippen LogP contribution >= 0.6 is 23.5 Å². The zero-order valence-corrected chi connectivity index (χ0v) is 14.7. The number of hydrogen-bond acceptors (Lipinski definition) is 2. The number of benzene rings is 3. The zero-order valence-electron chi connectivity index (χ0n) is 13.0. The molecule has 0 heterocycles. The molecule has 128 valence electrons. The largest absolute Gasteiger partial charge is 0.202 e. The van der Waals surface area contributed by atoms with Gasteiger partial charge in [0.05, 0.1) is 9.79 Å². The van der Waals surface area contributed by atoms with Crippen molar-refractivity contribution in [1.29, 1.82) is 0 Å². The molecule has 0 unspecified atom stereocenters. The molecule has 0 amide bonds. The molecule has 0 aromatic heterocycles. The van der Waals surface area contributed by atoms with Crippen LogP contribution in [0.4, 0.5) is 17.6 Å². The van der Waals surface area contributed by atoms with Crippen molar-refractivity contribution in [2.45, 2.75) is 26.5 Å². The van der Waals surface area contributed by atoms with Gasteiger partial charge in [0.2, 0.25) is 0 Å². The van der Waals surface area contributed by atoms with E-state index >= 15 is 0 Å².